The normalized spacial score (nSPS) is 16.3. The van der Waals surface area contributed by atoms with Gasteiger partial charge in [0.15, 0.2) is 9.84 Å². The highest BCUT2D eigenvalue weighted by Crippen LogP contribution is 2.40. The SMILES string of the molecule is CCOC(=O)c1c(NC(=O)c2ccc(S(C)(=O)=O)cc2)sc2c1CC[C@H](C)C2. The number of ether oxygens (including phenoxy) is 1. The molecule has 28 heavy (non-hydrogen) atoms. The maximum Gasteiger partial charge on any atom is 0.341 e. The monoisotopic (exact) mass is 421 g/mol. The highest BCUT2D eigenvalue weighted by molar-refractivity contribution is 7.90. The van der Waals surface area contributed by atoms with Crippen LogP contribution in [0.5, 0.6) is 0 Å². The molecule has 0 radical (unpaired) electrons. The summed E-state index contributed by atoms with van der Waals surface area (Å²) in [7, 11) is -3.33. The third-order valence-corrected chi connectivity index (χ3v) is 7.06. The summed E-state index contributed by atoms with van der Waals surface area (Å²) in [4.78, 5) is 26.5. The van der Waals surface area contributed by atoms with Gasteiger partial charge in [0.05, 0.1) is 17.1 Å². The molecule has 0 saturated carbocycles. The van der Waals surface area contributed by atoms with Crippen LogP contribution in [-0.2, 0) is 27.4 Å². The molecule has 0 spiro atoms. The zero-order chi connectivity index (χ0) is 20.5. The van der Waals surface area contributed by atoms with Crippen LogP contribution < -0.4 is 5.32 Å². The molecule has 1 atom stereocenters. The molecule has 3 rings (SSSR count). The van der Waals surface area contributed by atoms with Gasteiger partial charge in [0.25, 0.3) is 5.91 Å². The van der Waals surface area contributed by atoms with Crippen LogP contribution in [0.15, 0.2) is 29.2 Å². The Bertz CT molecular complexity index is 1010. The van der Waals surface area contributed by atoms with Gasteiger partial charge in [-0.25, -0.2) is 13.2 Å². The minimum Gasteiger partial charge on any atom is -0.462 e. The summed E-state index contributed by atoms with van der Waals surface area (Å²) in [5.41, 5.74) is 1.75. The van der Waals surface area contributed by atoms with Crippen LogP contribution in [0.4, 0.5) is 5.00 Å². The summed E-state index contributed by atoms with van der Waals surface area (Å²) in [5.74, 6) is -0.275. The van der Waals surface area contributed by atoms with Crippen molar-refractivity contribution in [3.8, 4) is 0 Å². The van der Waals surface area contributed by atoms with Crippen LogP contribution in [0.1, 0.15) is 51.4 Å². The number of rotatable bonds is 5. The maximum atomic E-state index is 12.7. The fraction of sp³-hybridized carbons (Fsp3) is 0.400. The quantitative estimate of drug-likeness (QED) is 0.744. The topological polar surface area (TPSA) is 89.5 Å². The molecule has 6 nitrogen and oxygen atoms in total. The van der Waals surface area contributed by atoms with Crippen molar-refractivity contribution < 1.29 is 22.7 Å². The number of hydrogen-bond donors (Lipinski definition) is 1. The summed E-state index contributed by atoms with van der Waals surface area (Å²) < 4.78 is 28.4. The van der Waals surface area contributed by atoms with Crippen LogP contribution >= 0.6 is 11.3 Å². The second-order valence-corrected chi connectivity index (χ2v) is 10.1. The minimum absolute atomic E-state index is 0.150. The van der Waals surface area contributed by atoms with Crippen LogP contribution in [-0.4, -0.2) is 33.2 Å². The molecule has 0 unspecified atom stereocenters. The molecule has 1 amide bonds. The Morgan fingerprint density at radius 3 is 2.54 bits per heavy atom. The van der Waals surface area contributed by atoms with E-state index in [0.717, 1.165) is 36.0 Å². The Labute approximate surface area is 168 Å². The standard InChI is InChI=1S/C20H23NO5S2/c1-4-26-20(23)17-15-10-5-12(2)11-16(15)27-19(17)21-18(22)13-6-8-14(9-7-13)28(3,24)25/h6-9,12H,4-5,10-11H2,1-3H3,(H,21,22)/t12-/m0/s1. The van der Waals surface area contributed by atoms with E-state index in [0.29, 0.717) is 22.0 Å². The second kappa shape index (κ2) is 8.05. The predicted octanol–water partition coefficient (Wildman–Crippen LogP) is 3.71. The molecule has 0 saturated heterocycles. The highest BCUT2D eigenvalue weighted by Gasteiger charge is 2.29. The second-order valence-electron chi connectivity index (χ2n) is 7.03. The Kier molecular flexibility index (Phi) is 5.90. The van der Waals surface area contributed by atoms with E-state index in [1.807, 2.05) is 0 Å². The number of amides is 1. The number of thiophene rings is 1. The lowest BCUT2D eigenvalue weighted by atomic mass is 9.88. The van der Waals surface area contributed by atoms with E-state index in [-0.39, 0.29) is 11.5 Å². The van der Waals surface area contributed by atoms with Crippen molar-refractivity contribution in [2.45, 2.75) is 38.0 Å². The molecule has 1 heterocycles. The average Bonchev–Trinajstić information content (AvgIpc) is 2.98. The number of carbonyl (C=O) groups excluding carboxylic acids is 2. The van der Waals surface area contributed by atoms with Crippen molar-refractivity contribution >= 4 is 38.1 Å². The molecule has 0 fully saturated rings. The Morgan fingerprint density at radius 2 is 1.93 bits per heavy atom. The number of carbonyl (C=O) groups is 2. The third-order valence-electron chi connectivity index (χ3n) is 4.76. The Morgan fingerprint density at radius 1 is 1.25 bits per heavy atom. The van der Waals surface area contributed by atoms with Crippen LogP contribution in [0.25, 0.3) is 0 Å². The lowest BCUT2D eigenvalue weighted by Gasteiger charge is -2.18. The van der Waals surface area contributed by atoms with Gasteiger partial charge in [-0.3, -0.25) is 4.79 Å². The van der Waals surface area contributed by atoms with Crippen LogP contribution in [0.2, 0.25) is 0 Å². The molecular formula is C20H23NO5S2. The molecule has 1 N–H and O–H groups in total. The van der Waals surface area contributed by atoms with Gasteiger partial charge in [0.2, 0.25) is 0 Å². The lowest BCUT2D eigenvalue weighted by molar-refractivity contribution is 0.0526. The molecule has 1 aliphatic rings. The summed E-state index contributed by atoms with van der Waals surface area (Å²) in [6, 6.07) is 5.73. The summed E-state index contributed by atoms with van der Waals surface area (Å²) in [6.45, 7) is 4.19. The van der Waals surface area contributed by atoms with Gasteiger partial charge in [0.1, 0.15) is 5.00 Å². The Hall–Kier alpha value is -2.19. The minimum atomic E-state index is -3.33. The number of hydrogen-bond acceptors (Lipinski definition) is 6. The molecule has 0 aliphatic heterocycles. The first-order valence-electron chi connectivity index (χ1n) is 9.13. The molecule has 2 aromatic rings. The highest BCUT2D eigenvalue weighted by atomic mass is 32.2. The number of nitrogens with one attached hydrogen (secondary N) is 1. The van der Waals surface area contributed by atoms with E-state index in [1.165, 1.54) is 35.6 Å². The predicted molar refractivity (Wildman–Crippen MR) is 109 cm³/mol. The van der Waals surface area contributed by atoms with E-state index < -0.39 is 21.7 Å². The van der Waals surface area contributed by atoms with Crippen molar-refractivity contribution in [3.05, 3.63) is 45.8 Å². The molecule has 150 valence electrons. The largest absolute Gasteiger partial charge is 0.462 e. The van der Waals surface area contributed by atoms with E-state index in [2.05, 4.69) is 12.2 Å². The zero-order valence-electron chi connectivity index (χ0n) is 16.1. The Balaban J connectivity index is 1.91. The lowest BCUT2D eigenvalue weighted by Crippen LogP contribution is -2.16. The number of benzene rings is 1. The zero-order valence-corrected chi connectivity index (χ0v) is 17.7. The summed E-state index contributed by atoms with van der Waals surface area (Å²) >= 11 is 1.42. The van der Waals surface area contributed by atoms with Crippen molar-refractivity contribution in [3.63, 3.8) is 0 Å². The molecular weight excluding hydrogens is 398 g/mol. The van der Waals surface area contributed by atoms with Gasteiger partial charge >= 0.3 is 5.97 Å². The number of esters is 1. The van der Waals surface area contributed by atoms with Gasteiger partial charge in [-0.2, -0.15) is 0 Å². The van der Waals surface area contributed by atoms with Crippen molar-refractivity contribution in [2.75, 3.05) is 18.2 Å². The van der Waals surface area contributed by atoms with Crippen molar-refractivity contribution in [2.24, 2.45) is 5.92 Å². The average molecular weight is 422 g/mol. The fourth-order valence-electron chi connectivity index (χ4n) is 3.29. The smallest absolute Gasteiger partial charge is 0.341 e. The number of anilines is 1. The number of fused-ring (bicyclic) bond motifs is 1. The first-order chi connectivity index (χ1) is 13.2. The molecule has 1 aromatic carbocycles. The molecule has 8 heteroatoms. The summed E-state index contributed by atoms with van der Waals surface area (Å²) in [5, 5.41) is 3.32. The van der Waals surface area contributed by atoms with Crippen LogP contribution in [0, 0.1) is 5.92 Å². The van der Waals surface area contributed by atoms with E-state index in [1.54, 1.807) is 6.92 Å². The fourth-order valence-corrected chi connectivity index (χ4v) is 5.31. The number of sulfone groups is 1. The van der Waals surface area contributed by atoms with Gasteiger partial charge in [-0.15, -0.1) is 11.3 Å². The van der Waals surface area contributed by atoms with Gasteiger partial charge < -0.3 is 10.1 Å². The summed E-state index contributed by atoms with van der Waals surface area (Å²) in [6.07, 6.45) is 3.78. The first-order valence-corrected chi connectivity index (χ1v) is 11.8. The van der Waals surface area contributed by atoms with Gasteiger partial charge in [-0.1, -0.05) is 6.92 Å². The van der Waals surface area contributed by atoms with E-state index >= 15 is 0 Å². The van der Waals surface area contributed by atoms with E-state index in [4.69, 9.17) is 4.74 Å². The van der Waals surface area contributed by atoms with Crippen molar-refractivity contribution in [1.29, 1.82) is 0 Å². The van der Waals surface area contributed by atoms with Crippen molar-refractivity contribution in [1.82, 2.24) is 0 Å². The molecule has 1 aromatic heterocycles. The molecule has 0 bridgehead atoms. The van der Waals surface area contributed by atoms with Gasteiger partial charge in [-0.05, 0) is 61.9 Å². The molecule has 1 aliphatic carbocycles. The first kappa shape index (κ1) is 20.5. The van der Waals surface area contributed by atoms with E-state index in [9.17, 15) is 18.0 Å². The third kappa shape index (κ3) is 4.28. The van der Waals surface area contributed by atoms with Crippen LogP contribution in [0.3, 0.4) is 0 Å². The van der Waals surface area contributed by atoms with Gasteiger partial charge in [0, 0.05) is 16.7 Å². The maximum absolute atomic E-state index is 12.7.